The third-order valence-corrected chi connectivity index (χ3v) is 6.64. The van der Waals surface area contributed by atoms with Gasteiger partial charge in [0.05, 0.1) is 21.5 Å². The summed E-state index contributed by atoms with van der Waals surface area (Å²) in [5.41, 5.74) is 2.19. The summed E-state index contributed by atoms with van der Waals surface area (Å²) in [7, 11) is 0. The summed E-state index contributed by atoms with van der Waals surface area (Å²) in [6.45, 7) is 6.06. The maximum absolute atomic E-state index is 12.4. The zero-order valence-corrected chi connectivity index (χ0v) is 21.0. The molecule has 0 aliphatic carbocycles. The molecule has 1 aromatic heterocycles. The molecule has 3 rings (SSSR count). The molecule has 0 fully saturated rings. The monoisotopic (exact) mass is 507 g/mol. The molecule has 1 heterocycles. The van der Waals surface area contributed by atoms with Gasteiger partial charge in [0, 0.05) is 27.9 Å². The van der Waals surface area contributed by atoms with E-state index in [-0.39, 0.29) is 23.0 Å². The number of nitrogens with zero attached hydrogens (tertiary/aromatic N) is 1. The van der Waals surface area contributed by atoms with Crippen LogP contribution in [-0.4, -0.2) is 22.6 Å². The van der Waals surface area contributed by atoms with Crippen molar-refractivity contribution in [2.45, 2.75) is 32.1 Å². The molecule has 0 saturated heterocycles. The largest absolute Gasteiger partial charge is 0.326 e. The molecule has 0 radical (unpaired) electrons. The van der Waals surface area contributed by atoms with E-state index >= 15 is 0 Å². The SMILES string of the molecule is CC(C)(C)CC(=O)Nc1cccc(SCC(=O)Nc2nc(-c3ccc(Cl)c(Cl)c3)cs2)c1. The zero-order chi connectivity index (χ0) is 23.3. The Morgan fingerprint density at radius 3 is 2.53 bits per heavy atom. The second-order valence-corrected chi connectivity index (χ2v) is 11.0. The van der Waals surface area contributed by atoms with E-state index in [9.17, 15) is 9.59 Å². The third-order valence-electron chi connectivity index (χ3n) is 4.14. The Balaban J connectivity index is 1.54. The van der Waals surface area contributed by atoms with Crippen LogP contribution < -0.4 is 10.6 Å². The van der Waals surface area contributed by atoms with Crippen LogP contribution in [0.5, 0.6) is 0 Å². The fraction of sp³-hybridized carbons (Fsp3) is 0.261. The summed E-state index contributed by atoms with van der Waals surface area (Å²) in [5.74, 6) is 0.0345. The average molecular weight is 508 g/mol. The quantitative estimate of drug-likeness (QED) is 0.331. The molecular weight excluding hydrogens is 485 g/mol. The molecule has 0 aliphatic rings. The highest BCUT2D eigenvalue weighted by atomic mass is 35.5. The molecule has 168 valence electrons. The summed E-state index contributed by atoms with van der Waals surface area (Å²) in [6.07, 6.45) is 0.435. The van der Waals surface area contributed by atoms with E-state index in [1.807, 2.05) is 56.5 Å². The second-order valence-electron chi connectivity index (χ2n) is 8.32. The molecule has 0 aliphatic heterocycles. The van der Waals surface area contributed by atoms with Crippen molar-refractivity contribution >= 4 is 68.9 Å². The second kappa shape index (κ2) is 10.7. The van der Waals surface area contributed by atoms with Crippen molar-refractivity contribution in [3.8, 4) is 11.3 Å². The molecule has 5 nitrogen and oxygen atoms in total. The van der Waals surface area contributed by atoms with Crippen molar-refractivity contribution in [3.63, 3.8) is 0 Å². The molecular formula is C23H23Cl2N3O2S2. The summed E-state index contributed by atoms with van der Waals surface area (Å²) < 4.78 is 0. The van der Waals surface area contributed by atoms with Gasteiger partial charge in [0.15, 0.2) is 5.13 Å². The van der Waals surface area contributed by atoms with Crippen LogP contribution in [0.4, 0.5) is 10.8 Å². The Morgan fingerprint density at radius 1 is 1.03 bits per heavy atom. The Kier molecular flexibility index (Phi) is 8.22. The topological polar surface area (TPSA) is 71.1 Å². The van der Waals surface area contributed by atoms with Gasteiger partial charge < -0.3 is 10.6 Å². The van der Waals surface area contributed by atoms with Gasteiger partial charge in [-0.3, -0.25) is 9.59 Å². The average Bonchev–Trinajstić information content (AvgIpc) is 3.15. The van der Waals surface area contributed by atoms with Gasteiger partial charge in [0.1, 0.15) is 0 Å². The lowest BCUT2D eigenvalue weighted by Crippen LogP contribution is -2.19. The Bertz CT molecular complexity index is 1130. The van der Waals surface area contributed by atoms with Gasteiger partial charge in [0.2, 0.25) is 11.8 Å². The normalized spacial score (nSPS) is 11.3. The summed E-state index contributed by atoms with van der Waals surface area (Å²) >= 11 is 14.8. The Labute approximate surface area is 205 Å². The Morgan fingerprint density at radius 2 is 1.81 bits per heavy atom. The van der Waals surface area contributed by atoms with Gasteiger partial charge in [-0.1, -0.05) is 56.1 Å². The predicted molar refractivity (Wildman–Crippen MR) is 136 cm³/mol. The first-order valence-corrected chi connectivity index (χ1v) is 12.4. The maximum Gasteiger partial charge on any atom is 0.236 e. The van der Waals surface area contributed by atoms with Crippen molar-refractivity contribution in [1.82, 2.24) is 4.98 Å². The number of thiazole rings is 1. The minimum Gasteiger partial charge on any atom is -0.326 e. The van der Waals surface area contributed by atoms with Gasteiger partial charge in [-0.2, -0.15) is 0 Å². The first-order valence-electron chi connectivity index (χ1n) is 9.82. The fourth-order valence-corrected chi connectivity index (χ4v) is 4.56. The lowest BCUT2D eigenvalue weighted by Gasteiger charge is -2.17. The van der Waals surface area contributed by atoms with Crippen molar-refractivity contribution in [2.24, 2.45) is 5.41 Å². The number of rotatable bonds is 7. The van der Waals surface area contributed by atoms with Crippen LogP contribution in [0.3, 0.4) is 0 Å². The highest BCUT2D eigenvalue weighted by Gasteiger charge is 2.16. The van der Waals surface area contributed by atoms with Crippen LogP contribution in [0.2, 0.25) is 10.0 Å². The number of anilines is 2. The third kappa shape index (κ3) is 7.52. The van der Waals surface area contributed by atoms with E-state index in [4.69, 9.17) is 23.2 Å². The first kappa shape index (κ1) is 24.6. The summed E-state index contributed by atoms with van der Waals surface area (Å²) in [5, 5.41) is 9.04. The standard InChI is InChI=1S/C23H23Cl2N3O2S2/c1-23(2,3)11-20(29)26-15-5-4-6-16(10-15)31-13-21(30)28-22-27-19(12-32-22)14-7-8-17(24)18(25)9-14/h4-10,12H,11,13H2,1-3H3,(H,26,29)(H,27,28,30). The highest BCUT2D eigenvalue weighted by molar-refractivity contribution is 8.00. The number of nitrogens with one attached hydrogen (secondary N) is 2. The molecule has 0 bridgehead atoms. The molecule has 2 amide bonds. The minimum atomic E-state index is -0.160. The molecule has 9 heteroatoms. The zero-order valence-electron chi connectivity index (χ0n) is 17.9. The number of hydrogen-bond acceptors (Lipinski definition) is 5. The highest BCUT2D eigenvalue weighted by Crippen LogP contribution is 2.31. The number of carbonyl (C=O) groups is 2. The van der Waals surface area contributed by atoms with Crippen LogP contribution in [0, 0.1) is 5.41 Å². The van der Waals surface area contributed by atoms with Crippen LogP contribution in [0.1, 0.15) is 27.2 Å². The van der Waals surface area contributed by atoms with Gasteiger partial charge in [-0.15, -0.1) is 23.1 Å². The van der Waals surface area contributed by atoms with Gasteiger partial charge in [-0.25, -0.2) is 4.98 Å². The number of benzene rings is 2. The van der Waals surface area contributed by atoms with Gasteiger partial charge in [-0.05, 0) is 35.7 Å². The molecule has 0 saturated carbocycles. The summed E-state index contributed by atoms with van der Waals surface area (Å²) in [6, 6.07) is 12.8. The summed E-state index contributed by atoms with van der Waals surface area (Å²) in [4.78, 5) is 29.9. The number of aromatic nitrogens is 1. The van der Waals surface area contributed by atoms with Crippen LogP contribution >= 0.6 is 46.3 Å². The predicted octanol–water partition coefficient (Wildman–Crippen LogP) is 7.22. The maximum atomic E-state index is 12.4. The number of hydrogen-bond donors (Lipinski definition) is 2. The van der Waals surface area contributed by atoms with Crippen LogP contribution in [0.15, 0.2) is 52.7 Å². The molecule has 0 spiro atoms. The Hall–Kier alpha value is -2.06. The van der Waals surface area contributed by atoms with E-state index < -0.39 is 0 Å². The van der Waals surface area contributed by atoms with Crippen molar-refractivity contribution in [3.05, 3.63) is 57.9 Å². The van der Waals surface area contributed by atoms with Gasteiger partial charge >= 0.3 is 0 Å². The molecule has 2 aromatic carbocycles. The number of halogens is 2. The van der Waals surface area contributed by atoms with E-state index in [1.165, 1.54) is 23.1 Å². The van der Waals surface area contributed by atoms with Crippen molar-refractivity contribution in [1.29, 1.82) is 0 Å². The van der Waals surface area contributed by atoms with Crippen molar-refractivity contribution in [2.75, 3.05) is 16.4 Å². The van der Waals surface area contributed by atoms with E-state index in [0.717, 1.165) is 21.8 Å². The van der Waals surface area contributed by atoms with E-state index in [2.05, 4.69) is 15.6 Å². The number of thioether (sulfide) groups is 1. The molecule has 32 heavy (non-hydrogen) atoms. The number of amides is 2. The van der Waals surface area contributed by atoms with E-state index in [1.54, 1.807) is 12.1 Å². The lowest BCUT2D eigenvalue weighted by molar-refractivity contribution is -0.118. The molecule has 0 atom stereocenters. The van der Waals surface area contributed by atoms with Crippen molar-refractivity contribution < 1.29 is 9.59 Å². The first-order chi connectivity index (χ1) is 15.1. The molecule has 3 aromatic rings. The minimum absolute atomic E-state index is 0.0288. The smallest absolute Gasteiger partial charge is 0.236 e. The van der Waals surface area contributed by atoms with Crippen LogP contribution in [0.25, 0.3) is 11.3 Å². The van der Waals surface area contributed by atoms with E-state index in [0.29, 0.717) is 21.6 Å². The molecule has 0 unspecified atom stereocenters. The fourth-order valence-electron chi connectivity index (χ4n) is 2.77. The number of carbonyl (C=O) groups excluding carboxylic acids is 2. The van der Waals surface area contributed by atoms with Gasteiger partial charge in [0.25, 0.3) is 0 Å². The lowest BCUT2D eigenvalue weighted by atomic mass is 9.92. The van der Waals surface area contributed by atoms with Crippen LogP contribution in [-0.2, 0) is 9.59 Å². The molecule has 2 N–H and O–H groups in total.